The smallest absolute Gasteiger partial charge is 0.238 e. The van der Waals surface area contributed by atoms with Crippen LogP contribution >= 0.6 is 0 Å². The fraction of sp³-hybridized carbons (Fsp3) is 0.480. The first-order valence-electron chi connectivity index (χ1n) is 11.0. The summed E-state index contributed by atoms with van der Waals surface area (Å²) in [6.07, 6.45) is 4.78. The maximum absolute atomic E-state index is 13.1. The summed E-state index contributed by atoms with van der Waals surface area (Å²) in [7, 11) is 0. The highest BCUT2D eigenvalue weighted by Crippen LogP contribution is 2.34. The molecule has 1 amide bonds. The zero-order valence-electron chi connectivity index (χ0n) is 18.2. The number of anilines is 1. The Hall–Kier alpha value is -2.53. The van der Waals surface area contributed by atoms with E-state index in [0.717, 1.165) is 47.7 Å². The van der Waals surface area contributed by atoms with Crippen LogP contribution in [-0.2, 0) is 11.3 Å². The molecule has 0 spiro atoms. The van der Waals surface area contributed by atoms with E-state index in [0.29, 0.717) is 18.5 Å². The number of hydrogen-bond acceptors (Lipinski definition) is 4. The molecular formula is C25H32N2O3. The molecule has 0 aromatic heterocycles. The molecule has 1 aliphatic heterocycles. The second-order valence-electron chi connectivity index (χ2n) is 8.77. The molecule has 2 aromatic carbocycles. The second-order valence-corrected chi connectivity index (χ2v) is 8.77. The number of amides is 1. The van der Waals surface area contributed by atoms with Gasteiger partial charge in [0.05, 0.1) is 6.54 Å². The molecule has 5 heteroatoms. The lowest BCUT2D eigenvalue weighted by Crippen LogP contribution is -2.39. The van der Waals surface area contributed by atoms with Gasteiger partial charge in [0.25, 0.3) is 0 Å². The largest absolute Gasteiger partial charge is 0.454 e. The van der Waals surface area contributed by atoms with E-state index in [1.165, 1.54) is 18.4 Å². The predicted octanol–water partition coefficient (Wildman–Crippen LogP) is 5.23. The normalized spacial score (nSPS) is 15.9. The first-order chi connectivity index (χ1) is 14.5. The number of fused-ring (bicyclic) bond motifs is 1. The topological polar surface area (TPSA) is 50.8 Å². The third-order valence-corrected chi connectivity index (χ3v) is 6.20. The van der Waals surface area contributed by atoms with Crippen molar-refractivity contribution >= 4 is 11.6 Å². The number of para-hydroxylation sites is 1. The SMILES string of the molecule is Cc1cccc(C(C)C)c1NC(=O)CN(Cc1ccc2c(c1)OCO2)C1CCCC1. The van der Waals surface area contributed by atoms with Crippen LogP contribution in [-0.4, -0.2) is 30.2 Å². The molecule has 30 heavy (non-hydrogen) atoms. The van der Waals surface area contributed by atoms with E-state index in [9.17, 15) is 4.79 Å². The van der Waals surface area contributed by atoms with Crippen LogP contribution in [0.15, 0.2) is 36.4 Å². The molecule has 0 bridgehead atoms. The Morgan fingerprint density at radius 2 is 1.90 bits per heavy atom. The highest BCUT2D eigenvalue weighted by molar-refractivity contribution is 5.94. The summed E-state index contributed by atoms with van der Waals surface area (Å²) in [5, 5.41) is 3.22. The lowest BCUT2D eigenvalue weighted by atomic mass is 9.98. The van der Waals surface area contributed by atoms with Crippen molar-refractivity contribution in [3.63, 3.8) is 0 Å². The Morgan fingerprint density at radius 3 is 2.67 bits per heavy atom. The average molecular weight is 409 g/mol. The van der Waals surface area contributed by atoms with Crippen molar-refractivity contribution in [2.75, 3.05) is 18.7 Å². The van der Waals surface area contributed by atoms with Crippen LogP contribution in [0.5, 0.6) is 11.5 Å². The number of nitrogens with zero attached hydrogens (tertiary/aromatic N) is 1. The molecule has 1 N–H and O–H groups in total. The van der Waals surface area contributed by atoms with Crippen molar-refractivity contribution in [1.82, 2.24) is 4.90 Å². The molecule has 2 aromatic rings. The van der Waals surface area contributed by atoms with E-state index in [1.54, 1.807) is 0 Å². The van der Waals surface area contributed by atoms with Crippen LogP contribution in [0.2, 0.25) is 0 Å². The summed E-state index contributed by atoms with van der Waals surface area (Å²) >= 11 is 0. The molecule has 0 radical (unpaired) electrons. The summed E-state index contributed by atoms with van der Waals surface area (Å²) < 4.78 is 11.0. The predicted molar refractivity (Wildman–Crippen MR) is 119 cm³/mol. The molecule has 1 fully saturated rings. The fourth-order valence-corrected chi connectivity index (χ4v) is 4.56. The van der Waals surface area contributed by atoms with Gasteiger partial charge in [0, 0.05) is 18.3 Å². The molecule has 1 heterocycles. The minimum absolute atomic E-state index is 0.0545. The van der Waals surface area contributed by atoms with Crippen LogP contribution in [0.25, 0.3) is 0 Å². The zero-order chi connectivity index (χ0) is 21.1. The van der Waals surface area contributed by atoms with Gasteiger partial charge < -0.3 is 14.8 Å². The Labute approximate surface area is 179 Å². The first-order valence-corrected chi connectivity index (χ1v) is 11.0. The number of ether oxygens (including phenoxy) is 2. The van der Waals surface area contributed by atoms with Gasteiger partial charge in [-0.1, -0.05) is 51.0 Å². The Bertz CT molecular complexity index is 903. The maximum Gasteiger partial charge on any atom is 0.238 e. The summed E-state index contributed by atoms with van der Waals surface area (Å²) in [5.41, 5.74) is 4.41. The number of aryl methyl sites for hydroxylation is 1. The highest BCUT2D eigenvalue weighted by atomic mass is 16.7. The minimum Gasteiger partial charge on any atom is -0.454 e. The Kier molecular flexibility index (Phi) is 6.28. The molecule has 0 saturated heterocycles. The fourth-order valence-electron chi connectivity index (χ4n) is 4.56. The van der Waals surface area contributed by atoms with Gasteiger partial charge in [0.2, 0.25) is 12.7 Å². The molecule has 2 aliphatic rings. The second kappa shape index (κ2) is 9.09. The lowest BCUT2D eigenvalue weighted by Gasteiger charge is -2.29. The first kappa shape index (κ1) is 20.7. The number of hydrogen-bond donors (Lipinski definition) is 1. The molecule has 4 rings (SSSR count). The van der Waals surface area contributed by atoms with Gasteiger partial charge in [-0.25, -0.2) is 0 Å². The van der Waals surface area contributed by atoms with E-state index in [4.69, 9.17) is 9.47 Å². The summed E-state index contributed by atoms with van der Waals surface area (Å²) in [4.78, 5) is 15.4. The standard InChI is InChI=1S/C25H32N2O3/c1-17(2)21-10-6-7-18(3)25(21)26-24(28)15-27(20-8-4-5-9-20)14-19-11-12-22-23(13-19)30-16-29-22/h6-7,10-13,17,20H,4-5,8-9,14-16H2,1-3H3,(H,26,28). The maximum atomic E-state index is 13.1. The number of nitrogens with one attached hydrogen (secondary N) is 1. The summed E-state index contributed by atoms with van der Waals surface area (Å²) in [6, 6.07) is 12.8. The van der Waals surface area contributed by atoms with Crippen LogP contribution < -0.4 is 14.8 Å². The van der Waals surface area contributed by atoms with Crippen LogP contribution in [0.3, 0.4) is 0 Å². The number of carbonyl (C=O) groups excluding carboxylic acids is 1. The van der Waals surface area contributed by atoms with E-state index in [1.807, 2.05) is 12.1 Å². The Balaban J connectivity index is 1.49. The van der Waals surface area contributed by atoms with Crippen LogP contribution in [0.4, 0.5) is 5.69 Å². The van der Waals surface area contributed by atoms with Gasteiger partial charge in [0.1, 0.15) is 0 Å². The van der Waals surface area contributed by atoms with Crippen LogP contribution in [0.1, 0.15) is 62.1 Å². The van der Waals surface area contributed by atoms with Crippen LogP contribution in [0, 0.1) is 6.92 Å². The van der Waals surface area contributed by atoms with Gasteiger partial charge in [-0.2, -0.15) is 0 Å². The summed E-state index contributed by atoms with van der Waals surface area (Å²) in [5.74, 6) is 2.01. The zero-order valence-corrected chi connectivity index (χ0v) is 18.2. The molecule has 1 saturated carbocycles. The lowest BCUT2D eigenvalue weighted by molar-refractivity contribution is -0.118. The van der Waals surface area contributed by atoms with Crippen molar-refractivity contribution in [3.8, 4) is 11.5 Å². The number of rotatable bonds is 7. The van der Waals surface area contributed by atoms with Crippen molar-refractivity contribution in [1.29, 1.82) is 0 Å². The monoisotopic (exact) mass is 408 g/mol. The third-order valence-electron chi connectivity index (χ3n) is 6.20. The number of carbonyl (C=O) groups is 1. The van der Waals surface area contributed by atoms with E-state index < -0.39 is 0 Å². The number of benzene rings is 2. The van der Waals surface area contributed by atoms with E-state index >= 15 is 0 Å². The quantitative estimate of drug-likeness (QED) is 0.681. The average Bonchev–Trinajstić information content (AvgIpc) is 3.40. The van der Waals surface area contributed by atoms with E-state index in [2.05, 4.69) is 55.3 Å². The van der Waals surface area contributed by atoms with Gasteiger partial charge >= 0.3 is 0 Å². The van der Waals surface area contributed by atoms with Crippen molar-refractivity contribution < 1.29 is 14.3 Å². The Morgan fingerprint density at radius 1 is 1.13 bits per heavy atom. The minimum atomic E-state index is 0.0545. The molecule has 160 valence electrons. The van der Waals surface area contributed by atoms with Gasteiger partial charge in [0.15, 0.2) is 11.5 Å². The summed E-state index contributed by atoms with van der Waals surface area (Å²) in [6.45, 7) is 7.79. The van der Waals surface area contributed by atoms with Crippen molar-refractivity contribution in [2.45, 2.75) is 65.0 Å². The van der Waals surface area contributed by atoms with Crippen molar-refractivity contribution in [2.24, 2.45) is 0 Å². The van der Waals surface area contributed by atoms with Gasteiger partial charge in [-0.15, -0.1) is 0 Å². The highest BCUT2D eigenvalue weighted by Gasteiger charge is 2.26. The molecule has 5 nitrogen and oxygen atoms in total. The molecular weight excluding hydrogens is 376 g/mol. The van der Waals surface area contributed by atoms with E-state index in [-0.39, 0.29) is 12.7 Å². The molecule has 1 aliphatic carbocycles. The molecule has 0 atom stereocenters. The van der Waals surface area contributed by atoms with Gasteiger partial charge in [-0.05, 0) is 54.5 Å². The third kappa shape index (κ3) is 4.62. The molecule has 0 unspecified atom stereocenters. The van der Waals surface area contributed by atoms with Gasteiger partial charge in [-0.3, -0.25) is 9.69 Å². The van der Waals surface area contributed by atoms with Crippen molar-refractivity contribution in [3.05, 3.63) is 53.1 Å².